The van der Waals surface area contributed by atoms with Crippen molar-refractivity contribution in [1.29, 1.82) is 0 Å². The molecule has 0 saturated carbocycles. The van der Waals surface area contributed by atoms with E-state index in [0.717, 1.165) is 0 Å². The number of carboxylic acid groups (broad SMARTS) is 1. The molecule has 0 heterocycles. The molecule has 0 aromatic heterocycles. The smallest absolute Gasteiger partial charge is 0.326 e. The van der Waals surface area contributed by atoms with E-state index >= 15 is 0 Å². The van der Waals surface area contributed by atoms with Gasteiger partial charge >= 0.3 is 5.97 Å². The molecule has 0 bridgehead atoms. The van der Waals surface area contributed by atoms with Crippen molar-refractivity contribution in [2.75, 3.05) is 5.75 Å². The number of benzene rings is 1. The van der Waals surface area contributed by atoms with Crippen LogP contribution in [-0.2, 0) is 30.4 Å². The molecule has 0 spiro atoms. The molecule has 9 N–H and O–H groups in total. The Morgan fingerprint density at radius 1 is 0.970 bits per heavy atom. The number of carbonyl (C=O) groups is 5. The molecule has 0 aliphatic carbocycles. The number of phenols is 1. The lowest BCUT2D eigenvalue weighted by Gasteiger charge is -2.22. The molecule has 0 radical (unpaired) electrons. The van der Waals surface area contributed by atoms with Gasteiger partial charge in [0.05, 0.1) is 6.04 Å². The number of hydrogen-bond donors (Lipinski definition) is 8. The standard InChI is InChI=1S/C20H29N5O7S/c1-10(23-18(29)13(21)8-11-2-4-12(26)5-3-11)17(28)25-15(9-33)19(30)24-14(20(31)32)6-7-16(22)27/h2-5,10,13-15,26,33H,6-9,21H2,1H3,(H2,22,27)(H,23,29)(H,24,30)(H,25,28)(H,31,32). The Morgan fingerprint density at radius 2 is 1.55 bits per heavy atom. The average molecular weight is 484 g/mol. The van der Waals surface area contributed by atoms with Crippen LogP contribution in [0.25, 0.3) is 0 Å². The Hall–Kier alpha value is -3.32. The number of nitrogens with one attached hydrogen (secondary N) is 3. The Balaban J connectivity index is 2.63. The zero-order valence-electron chi connectivity index (χ0n) is 18.0. The molecular weight excluding hydrogens is 454 g/mol. The number of thiol groups is 1. The van der Waals surface area contributed by atoms with Crippen LogP contribution in [0.5, 0.6) is 5.75 Å². The molecule has 12 nitrogen and oxygen atoms in total. The van der Waals surface area contributed by atoms with Crippen LogP contribution in [0.15, 0.2) is 24.3 Å². The van der Waals surface area contributed by atoms with Gasteiger partial charge in [-0.3, -0.25) is 19.2 Å². The minimum absolute atomic E-state index is 0.0763. The van der Waals surface area contributed by atoms with E-state index in [-0.39, 0.29) is 30.8 Å². The molecule has 4 amide bonds. The van der Waals surface area contributed by atoms with Gasteiger partial charge in [0.1, 0.15) is 23.9 Å². The second-order valence-corrected chi connectivity index (χ2v) is 7.72. The zero-order valence-corrected chi connectivity index (χ0v) is 18.9. The number of phenolic OH excluding ortho intramolecular Hbond substituents is 1. The molecule has 1 aromatic rings. The lowest BCUT2D eigenvalue weighted by molar-refractivity contribution is -0.142. The predicted molar refractivity (Wildman–Crippen MR) is 121 cm³/mol. The lowest BCUT2D eigenvalue weighted by atomic mass is 10.1. The number of rotatable bonds is 13. The normalized spacial score (nSPS) is 14.3. The summed E-state index contributed by atoms with van der Waals surface area (Å²) < 4.78 is 0. The SMILES string of the molecule is CC(NC(=O)C(N)Cc1ccc(O)cc1)C(=O)NC(CS)C(=O)NC(CCC(N)=O)C(=O)O. The van der Waals surface area contributed by atoms with Gasteiger partial charge in [0.15, 0.2) is 0 Å². The van der Waals surface area contributed by atoms with Crippen LogP contribution in [-0.4, -0.2) is 69.7 Å². The predicted octanol–water partition coefficient (Wildman–Crippen LogP) is -1.98. The van der Waals surface area contributed by atoms with Gasteiger partial charge in [-0.25, -0.2) is 4.79 Å². The molecule has 1 rings (SSSR count). The van der Waals surface area contributed by atoms with Gasteiger partial charge in [0.25, 0.3) is 0 Å². The van der Waals surface area contributed by atoms with Gasteiger partial charge in [0.2, 0.25) is 23.6 Å². The number of amides is 4. The first-order valence-electron chi connectivity index (χ1n) is 10.0. The van der Waals surface area contributed by atoms with Crippen LogP contribution in [0.3, 0.4) is 0 Å². The number of primary amides is 1. The fourth-order valence-corrected chi connectivity index (χ4v) is 2.93. The van der Waals surface area contributed by atoms with E-state index < -0.39 is 53.8 Å². The largest absolute Gasteiger partial charge is 0.508 e. The van der Waals surface area contributed by atoms with Crippen molar-refractivity contribution in [1.82, 2.24) is 16.0 Å². The molecule has 0 aliphatic rings. The summed E-state index contributed by atoms with van der Waals surface area (Å²) >= 11 is 4.00. The molecular formula is C20H29N5O7S. The third-order valence-corrected chi connectivity index (χ3v) is 4.96. The maximum absolute atomic E-state index is 12.4. The molecule has 1 aromatic carbocycles. The minimum Gasteiger partial charge on any atom is -0.508 e. The Labute approximate surface area is 195 Å². The number of aromatic hydroxyl groups is 1. The van der Waals surface area contributed by atoms with Crippen molar-refractivity contribution in [2.24, 2.45) is 11.5 Å². The molecule has 0 saturated heterocycles. The van der Waals surface area contributed by atoms with E-state index in [2.05, 4.69) is 28.6 Å². The molecule has 0 fully saturated rings. The Bertz CT molecular complexity index is 865. The van der Waals surface area contributed by atoms with E-state index in [9.17, 15) is 34.2 Å². The van der Waals surface area contributed by atoms with Crippen LogP contribution in [0, 0.1) is 0 Å². The second kappa shape index (κ2) is 13.3. The second-order valence-electron chi connectivity index (χ2n) is 7.36. The van der Waals surface area contributed by atoms with E-state index in [4.69, 9.17) is 11.5 Å². The highest BCUT2D eigenvalue weighted by atomic mass is 32.1. The van der Waals surface area contributed by atoms with Crippen molar-refractivity contribution in [3.8, 4) is 5.75 Å². The number of carboxylic acids is 1. The third kappa shape index (κ3) is 9.78. The van der Waals surface area contributed by atoms with E-state index in [1.54, 1.807) is 12.1 Å². The summed E-state index contributed by atoms with van der Waals surface area (Å²) in [5, 5.41) is 25.5. The summed E-state index contributed by atoms with van der Waals surface area (Å²) in [4.78, 5) is 59.2. The zero-order chi connectivity index (χ0) is 25.1. The molecule has 4 unspecified atom stereocenters. The maximum Gasteiger partial charge on any atom is 0.326 e. The van der Waals surface area contributed by atoms with Crippen LogP contribution in [0.1, 0.15) is 25.3 Å². The first-order chi connectivity index (χ1) is 15.4. The fourth-order valence-electron chi connectivity index (χ4n) is 2.67. The van der Waals surface area contributed by atoms with Crippen molar-refractivity contribution in [3.63, 3.8) is 0 Å². The molecule has 4 atom stereocenters. The van der Waals surface area contributed by atoms with Crippen molar-refractivity contribution >= 4 is 42.2 Å². The van der Waals surface area contributed by atoms with Gasteiger partial charge in [-0.15, -0.1) is 0 Å². The molecule has 33 heavy (non-hydrogen) atoms. The highest BCUT2D eigenvalue weighted by Crippen LogP contribution is 2.11. The molecule has 13 heteroatoms. The summed E-state index contributed by atoms with van der Waals surface area (Å²) in [6.45, 7) is 1.39. The van der Waals surface area contributed by atoms with Gasteiger partial charge in [-0.2, -0.15) is 12.6 Å². The van der Waals surface area contributed by atoms with Gasteiger partial charge in [0, 0.05) is 12.2 Å². The minimum atomic E-state index is -1.38. The van der Waals surface area contributed by atoms with Crippen LogP contribution < -0.4 is 27.4 Å². The first kappa shape index (κ1) is 27.7. The van der Waals surface area contributed by atoms with Crippen molar-refractivity contribution < 1.29 is 34.2 Å². The number of aliphatic carboxylic acids is 1. The monoisotopic (exact) mass is 483 g/mol. The lowest BCUT2D eigenvalue weighted by Crippen LogP contribution is -2.57. The fraction of sp³-hybridized carbons (Fsp3) is 0.450. The molecule has 182 valence electrons. The number of hydrogen-bond acceptors (Lipinski definition) is 8. The van der Waals surface area contributed by atoms with Crippen LogP contribution in [0.2, 0.25) is 0 Å². The summed E-state index contributed by atoms with van der Waals surface area (Å²) in [6.07, 6.45) is -0.290. The van der Waals surface area contributed by atoms with E-state index in [0.29, 0.717) is 5.56 Å². The Kier molecular flexibility index (Phi) is 11.2. The average Bonchev–Trinajstić information content (AvgIpc) is 2.75. The van der Waals surface area contributed by atoms with Crippen LogP contribution in [0.4, 0.5) is 0 Å². The van der Waals surface area contributed by atoms with Crippen molar-refractivity contribution in [3.05, 3.63) is 29.8 Å². The quantitative estimate of drug-likeness (QED) is 0.147. The summed E-state index contributed by atoms with van der Waals surface area (Å²) in [5.41, 5.74) is 11.6. The number of carbonyl (C=O) groups excluding carboxylic acids is 4. The van der Waals surface area contributed by atoms with Gasteiger partial charge < -0.3 is 37.6 Å². The van der Waals surface area contributed by atoms with Gasteiger partial charge in [-0.1, -0.05) is 12.1 Å². The summed E-state index contributed by atoms with van der Waals surface area (Å²) in [5.74, 6) is -4.29. The summed E-state index contributed by atoms with van der Waals surface area (Å²) in [7, 11) is 0. The highest BCUT2D eigenvalue weighted by molar-refractivity contribution is 7.80. The Morgan fingerprint density at radius 3 is 2.06 bits per heavy atom. The summed E-state index contributed by atoms with van der Waals surface area (Å²) in [6, 6.07) is 1.56. The van der Waals surface area contributed by atoms with E-state index in [1.165, 1.54) is 19.1 Å². The highest BCUT2D eigenvalue weighted by Gasteiger charge is 2.28. The maximum atomic E-state index is 12.4. The molecule has 0 aliphatic heterocycles. The van der Waals surface area contributed by atoms with E-state index in [1.807, 2.05) is 0 Å². The third-order valence-electron chi connectivity index (χ3n) is 4.59. The topological polar surface area (TPSA) is 214 Å². The van der Waals surface area contributed by atoms with Gasteiger partial charge in [-0.05, 0) is 37.5 Å². The van der Waals surface area contributed by atoms with Crippen LogP contribution >= 0.6 is 12.6 Å². The number of nitrogens with two attached hydrogens (primary N) is 2. The first-order valence-corrected chi connectivity index (χ1v) is 10.6. The van der Waals surface area contributed by atoms with Crippen molar-refractivity contribution in [2.45, 2.75) is 50.4 Å².